The minimum Gasteiger partial charge on any atom is -0.493 e. The number of rotatable bonds is 2. The number of ether oxygens (including phenoxy) is 1. The number of nitrogens with two attached hydrogens (primary N) is 1. The summed E-state index contributed by atoms with van der Waals surface area (Å²) in [7, 11) is 0. The lowest BCUT2D eigenvalue weighted by Gasteiger charge is -2.41. The van der Waals surface area contributed by atoms with Crippen LogP contribution in [-0.2, 0) is 6.42 Å². The van der Waals surface area contributed by atoms with Crippen molar-refractivity contribution in [2.75, 3.05) is 13.2 Å². The molecule has 1 heterocycles. The third-order valence-electron chi connectivity index (χ3n) is 5.20. The standard InChI is InChI=1S/C18H27NO/c1-18(2)9-8-14(12-19)16(11-18)15-7-3-5-13-6-4-10-20-17(13)15/h3,5,7,14,16H,4,6,8-12,19H2,1-2H3. The molecule has 0 amide bonds. The van der Waals surface area contributed by atoms with Gasteiger partial charge in [-0.15, -0.1) is 0 Å². The molecule has 0 spiro atoms. The van der Waals surface area contributed by atoms with Gasteiger partial charge >= 0.3 is 0 Å². The fourth-order valence-corrected chi connectivity index (χ4v) is 3.99. The summed E-state index contributed by atoms with van der Waals surface area (Å²) < 4.78 is 6.03. The third-order valence-corrected chi connectivity index (χ3v) is 5.20. The number of para-hydroxylation sites is 1. The highest BCUT2D eigenvalue weighted by Crippen LogP contribution is 2.49. The molecule has 1 aliphatic heterocycles. The van der Waals surface area contributed by atoms with Crippen LogP contribution >= 0.6 is 0 Å². The van der Waals surface area contributed by atoms with Crippen molar-refractivity contribution >= 4 is 0 Å². The van der Waals surface area contributed by atoms with Gasteiger partial charge in [0.15, 0.2) is 0 Å². The molecule has 1 aliphatic carbocycles. The second-order valence-electron chi connectivity index (χ2n) is 7.30. The summed E-state index contributed by atoms with van der Waals surface area (Å²) in [5.41, 5.74) is 9.30. The van der Waals surface area contributed by atoms with E-state index in [1.54, 1.807) is 0 Å². The third kappa shape index (κ3) is 2.58. The Kier molecular flexibility index (Phi) is 3.76. The van der Waals surface area contributed by atoms with Gasteiger partial charge in [-0.05, 0) is 67.0 Å². The summed E-state index contributed by atoms with van der Waals surface area (Å²) in [6.07, 6.45) is 6.08. The van der Waals surface area contributed by atoms with Gasteiger partial charge in [-0.25, -0.2) is 0 Å². The molecule has 2 nitrogen and oxygen atoms in total. The predicted octanol–water partition coefficient (Wildman–Crippen LogP) is 3.88. The molecule has 0 aromatic heterocycles. The van der Waals surface area contributed by atoms with E-state index in [4.69, 9.17) is 10.5 Å². The van der Waals surface area contributed by atoms with Crippen LogP contribution in [-0.4, -0.2) is 13.2 Å². The lowest BCUT2D eigenvalue weighted by Crippen LogP contribution is -2.33. The number of aryl methyl sites for hydroxylation is 1. The molecule has 2 N–H and O–H groups in total. The summed E-state index contributed by atoms with van der Waals surface area (Å²) in [5, 5.41) is 0. The molecule has 1 fully saturated rings. The monoisotopic (exact) mass is 273 g/mol. The van der Waals surface area contributed by atoms with Crippen LogP contribution in [0.25, 0.3) is 0 Å². The largest absolute Gasteiger partial charge is 0.493 e. The van der Waals surface area contributed by atoms with Crippen LogP contribution in [0.3, 0.4) is 0 Å². The summed E-state index contributed by atoms with van der Waals surface area (Å²) >= 11 is 0. The predicted molar refractivity (Wildman–Crippen MR) is 83.2 cm³/mol. The van der Waals surface area contributed by atoms with E-state index in [2.05, 4.69) is 32.0 Å². The van der Waals surface area contributed by atoms with Crippen LogP contribution in [0.5, 0.6) is 5.75 Å². The first-order valence-electron chi connectivity index (χ1n) is 8.05. The Morgan fingerprint density at radius 3 is 3.00 bits per heavy atom. The van der Waals surface area contributed by atoms with Crippen molar-refractivity contribution in [3.05, 3.63) is 29.3 Å². The van der Waals surface area contributed by atoms with Gasteiger partial charge in [0.05, 0.1) is 6.61 Å². The van der Waals surface area contributed by atoms with Gasteiger partial charge in [0.2, 0.25) is 0 Å². The molecule has 3 rings (SSSR count). The van der Waals surface area contributed by atoms with Crippen LogP contribution in [0.2, 0.25) is 0 Å². The number of benzene rings is 1. The zero-order valence-electron chi connectivity index (χ0n) is 12.8. The van der Waals surface area contributed by atoms with Crippen LogP contribution in [0.4, 0.5) is 0 Å². The fourth-order valence-electron chi connectivity index (χ4n) is 3.99. The highest BCUT2D eigenvalue weighted by atomic mass is 16.5. The summed E-state index contributed by atoms with van der Waals surface area (Å²) in [6, 6.07) is 6.71. The topological polar surface area (TPSA) is 35.2 Å². The molecule has 2 aliphatic rings. The molecule has 1 saturated carbocycles. The van der Waals surface area contributed by atoms with E-state index >= 15 is 0 Å². The smallest absolute Gasteiger partial charge is 0.125 e. The van der Waals surface area contributed by atoms with Gasteiger partial charge in [0.25, 0.3) is 0 Å². The molecule has 0 bridgehead atoms. The molecule has 2 heteroatoms. The van der Waals surface area contributed by atoms with Crippen molar-refractivity contribution in [3.63, 3.8) is 0 Å². The first-order valence-corrected chi connectivity index (χ1v) is 8.05. The normalized spacial score (nSPS) is 28.6. The van der Waals surface area contributed by atoms with Gasteiger partial charge in [-0.3, -0.25) is 0 Å². The van der Waals surface area contributed by atoms with Gasteiger partial charge in [-0.1, -0.05) is 32.0 Å². The van der Waals surface area contributed by atoms with Crippen LogP contribution in [0, 0.1) is 11.3 Å². The second kappa shape index (κ2) is 5.40. The van der Waals surface area contributed by atoms with Crippen molar-refractivity contribution in [3.8, 4) is 5.75 Å². The Morgan fingerprint density at radius 1 is 1.35 bits per heavy atom. The van der Waals surface area contributed by atoms with Crippen LogP contribution < -0.4 is 10.5 Å². The minimum absolute atomic E-state index is 0.424. The Morgan fingerprint density at radius 2 is 2.20 bits per heavy atom. The zero-order valence-corrected chi connectivity index (χ0v) is 12.8. The molecule has 2 unspecified atom stereocenters. The molecule has 1 aromatic carbocycles. The molecule has 2 atom stereocenters. The van der Waals surface area contributed by atoms with E-state index in [0.29, 0.717) is 17.3 Å². The Hall–Kier alpha value is -1.02. The Labute approximate surface area is 122 Å². The molecule has 0 saturated heterocycles. The molecule has 110 valence electrons. The SMILES string of the molecule is CC1(C)CCC(CN)C(c2cccc3c2OCCC3)C1. The Bertz CT molecular complexity index is 480. The van der Waals surface area contributed by atoms with Crippen molar-refractivity contribution in [2.45, 2.75) is 51.9 Å². The van der Waals surface area contributed by atoms with E-state index in [1.165, 1.54) is 36.1 Å². The highest BCUT2D eigenvalue weighted by Gasteiger charge is 2.36. The Balaban J connectivity index is 1.97. The van der Waals surface area contributed by atoms with Gasteiger partial charge in [-0.2, -0.15) is 0 Å². The quantitative estimate of drug-likeness (QED) is 0.887. The van der Waals surface area contributed by atoms with E-state index < -0.39 is 0 Å². The average Bonchev–Trinajstić information content (AvgIpc) is 2.46. The van der Waals surface area contributed by atoms with E-state index in [0.717, 1.165) is 26.0 Å². The van der Waals surface area contributed by atoms with Crippen LogP contribution in [0.1, 0.15) is 56.6 Å². The second-order valence-corrected chi connectivity index (χ2v) is 7.30. The van der Waals surface area contributed by atoms with Crippen molar-refractivity contribution in [1.29, 1.82) is 0 Å². The number of fused-ring (bicyclic) bond motifs is 1. The van der Waals surface area contributed by atoms with E-state index in [-0.39, 0.29) is 0 Å². The average molecular weight is 273 g/mol. The summed E-state index contributed by atoms with van der Waals surface area (Å²) in [4.78, 5) is 0. The maximum absolute atomic E-state index is 6.05. The number of hydrogen-bond acceptors (Lipinski definition) is 2. The molecule has 20 heavy (non-hydrogen) atoms. The van der Waals surface area contributed by atoms with Crippen molar-refractivity contribution in [2.24, 2.45) is 17.1 Å². The first-order chi connectivity index (χ1) is 9.61. The van der Waals surface area contributed by atoms with E-state index in [1.807, 2.05) is 0 Å². The lowest BCUT2D eigenvalue weighted by atomic mass is 9.65. The van der Waals surface area contributed by atoms with E-state index in [9.17, 15) is 0 Å². The first kappa shape index (κ1) is 13.9. The van der Waals surface area contributed by atoms with Crippen LogP contribution in [0.15, 0.2) is 18.2 Å². The van der Waals surface area contributed by atoms with Gasteiger partial charge < -0.3 is 10.5 Å². The summed E-state index contributed by atoms with van der Waals surface area (Å²) in [6.45, 7) is 6.45. The number of hydrogen-bond donors (Lipinski definition) is 1. The molecular weight excluding hydrogens is 246 g/mol. The van der Waals surface area contributed by atoms with Gasteiger partial charge in [0.1, 0.15) is 5.75 Å². The van der Waals surface area contributed by atoms with Crippen molar-refractivity contribution in [1.82, 2.24) is 0 Å². The van der Waals surface area contributed by atoms with Gasteiger partial charge in [0, 0.05) is 0 Å². The fraction of sp³-hybridized carbons (Fsp3) is 0.667. The maximum Gasteiger partial charge on any atom is 0.125 e. The highest BCUT2D eigenvalue weighted by molar-refractivity contribution is 5.45. The minimum atomic E-state index is 0.424. The lowest BCUT2D eigenvalue weighted by molar-refractivity contribution is 0.161. The van der Waals surface area contributed by atoms with Crippen molar-refractivity contribution < 1.29 is 4.74 Å². The maximum atomic E-state index is 6.05. The molecule has 1 aromatic rings. The zero-order chi connectivity index (χ0) is 14.2. The molecule has 0 radical (unpaired) electrons. The molecular formula is C18H27NO. The summed E-state index contributed by atoms with van der Waals surface area (Å²) in [5.74, 6) is 2.36.